The Labute approximate surface area is 126 Å². The van der Waals surface area contributed by atoms with Crippen LogP contribution in [0.5, 0.6) is 0 Å². The van der Waals surface area contributed by atoms with Crippen LogP contribution in [-0.2, 0) is 20.0 Å². The van der Waals surface area contributed by atoms with Crippen molar-refractivity contribution in [3.05, 3.63) is 48.0 Å². The van der Waals surface area contributed by atoms with Gasteiger partial charge in [-0.3, -0.25) is 9.58 Å². The van der Waals surface area contributed by atoms with Crippen molar-refractivity contribution in [2.24, 2.45) is 7.05 Å². The number of benzene rings is 1. The molecule has 2 unspecified atom stereocenters. The van der Waals surface area contributed by atoms with Crippen LogP contribution in [0.25, 0.3) is 0 Å². The highest BCUT2D eigenvalue weighted by Gasteiger charge is 2.25. The Hall–Kier alpha value is -1.72. The molecule has 2 heterocycles. The van der Waals surface area contributed by atoms with Gasteiger partial charge in [0, 0.05) is 32.2 Å². The Kier molecular flexibility index (Phi) is 4.31. The molecule has 0 bridgehead atoms. The van der Waals surface area contributed by atoms with Crippen LogP contribution in [0.3, 0.4) is 0 Å². The van der Waals surface area contributed by atoms with E-state index in [-0.39, 0.29) is 0 Å². The van der Waals surface area contributed by atoms with E-state index in [1.165, 1.54) is 5.56 Å². The van der Waals surface area contributed by atoms with Crippen LogP contribution in [0, 0.1) is 0 Å². The van der Waals surface area contributed by atoms with Crippen LogP contribution in [0.15, 0.2) is 36.7 Å². The second kappa shape index (κ2) is 6.37. The average Bonchev–Trinajstić information content (AvgIpc) is 2.89. The summed E-state index contributed by atoms with van der Waals surface area (Å²) in [5.74, 6) is 1.03. The Bertz CT molecular complexity index is 565. The van der Waals surface area contributed by atoms with Crippen molar-refractivity contribution >= 4 is 0 Å². The summed E-state index contributed by atoms with van der Waals surface area (Å²) in [5.41, 5.74) is 1.39. The summed E-state index contributed by atoms with van der Waals surface area (Å²) in [6.45, 7) is 5.20. The standard InChI is InChI=1S/C16H23N5/c1-13-9-17-15(8-14-6-4-3-5-7-14)10-21(13)11-16-18-12-19-20(16)2/h3-7,12-13,15,17H,8-11H2,1-2H3. The van der Waals surface area contributed by atoms with Gasteiger partial charge in [-0.2, -0.15) is 5.10 Å². The molecular formula is C16H23N5. The summed E-state index contributed by atoms with van der Waals surface area (Å²) < 4.78 is 1.86. The zero-order valence-electron chi connectivity index (χ0n) is 12.7. The summed E-state index contributed by atoms with van der Waals surface area (Å²) in [5, 5.41) is 7.81. The summed E-state index contributed by atoms with van der Waals surface area (Å²) in [6.07, 6.45) is 2.70. The zero-order valence-corrected chi connectivity index (χ0v) is 12.7. The second-order valence-electron chi connectivity index (χ2n) is 5.87. The molecule has 1 saturated heterocycles. The second-order valence-corrected chi connectivity index (χ2v) is 5.87. The number of nitrogens with zero attached hydrogens (tertiary/aromatic N) is 4. The van der Waals surface area contributed by atoms with Crippen molar-refractivity contribution in [3.63, 3.8) is 0 Å². The van der Waals surface area contributed by atoms with E-state index in [2.05, 4.69) is 57.6 Å². The third kappa shape index (κ3) is 3.49. The number of hydrogen-bond acceptors (Lipinski definition) is 4. The first kappa shape index (κ1) is 14.2. The van der Waals surface area contributed by atoms with Gasteiger partial charge >= 0.3 is 0 Å². The molecule has 0 radical (unpaired) electrons. The molecule has 5 nitrogen and oxygen atoms in total. The zero-order chi connectivity index (χ0) is 14.7. The first-order valence-electron chi connectivity index (χ1n) is 7.56. The van der Waals surface area contributed by atoms with E-state index in [1.54, 1.807) is 6.33 Å². The van der Waals surface area contributed by atoms with Crippen LogP contribution in [0.2, 0.25) is 0 Å². The summed E-state index contributed by atoms with van der Waals surface area (Å²) in [6, 6.07) is 11.7. The van der Waals surface area contributed by atoms with E-state index in [0.29, 0.717) is 12.1 Å². The minimum atomic E-state index is 0.497. The van der Waals surface area contributed by atoms with E-state index in [4.69, 9.17) is 0 Å². The Morgan fingerprint density at radius 2 is 2.10 bits per heavy atom. The molecule has 1 aliphatic rings. The monoisotopic (exact) mass is 285 g/mol. The van der Waals surface area contributed by atoms with Crippen molar-refractivity contribution in [1.29, 1.82) is 0 Å². The van der Waals surface area contributed by atoms with Gasteiger partial charge in [0.25, 0.3) is 0 Å². The van der Waals surface area contributed by atoms with Crippen molar-refractivity contribution < 1.29 is 0 Å². The van der Waals surface area contributed by atoms with E-state index >= 15 is 0 Å². The van der Waals surface area contributed by atoms with Gasteiger partial charge in [-0.15, -0.1) is 0 Å². The third-order valence-electron chi connectivity index (χ3n) is 4.25. The molecule has 1 N–H and O–H groups in total. The fourth-order valence-electron chi connectivity index (χ4n) is 2.89. The molecule has 1 fully saturated rings. The maximum atomic E-state index is 4.34. The fourth-order valence-corrected chi connectivity index (χ4v) is 2.89. The van der Waals surface area contributed by atoms with E-state index in [1.807, 2.05) is 11.7 Å². The number of rotatable bonds is 4. The van der Waals surface area contributed by atoms with Gasteiger partial charge in [-0.1, -0.05) is 30.3 Å². The molecule has 3 rings (SSSR count). The molecule has 1 aromatic heterocycles. The van der Waals surface area contributed by atoms with Crippen LogP contribution in [-0.4, -0.2) is 44.8 Å². The molecule has 1 aromatic carbocycles. The topological polar surface area (TPSA) is 46.0 Å². The molecular weight excluding hydrogens is 262 g/mol. The maximum Gasteiger partial charge on any atom is 0.140 e. The van der Waals surface area contributed by atoms with Crippen LogP contribution >= 0.6 is 0 Å². The predicted octanol–water partition coefficient (Wildman–Crippen LogP) is 1.22. The van der Waals surface area contributed by atoms with Crippen molar-refractivity contribution in [2.75, 3.05) is 13.1 Å². The van der Waals surface area contributed by atoms with Gasteiger partial charge in [0.15, 0.2) is 0 Å². The minimum Gasteiger partial charge on any atom is -0.311 e. The lowest BCUT2D eigenvalue weighted by Crippen LogP contribution is -2.55. The van der Waals surface area contributed by atoms with Gasteiger partial charge in [0.1, 0.15) is 12.2 Å². The smallest absolute Gasteiger partial charge is 0.140 e. The van der Waals surface area contributed by atoms with E-state index in [0.717, 1.165) is 31.9 Å². The molecule has 112 valence electrons. The molecule has 2 atom stereocenters. The molecule has 0 spiro atoms. The number of hydrogen-bond donors (Lipinski definition) is 1. The molecule has 21 heavy (non-hydrogen) atoms. The van der Waals surface area contributed by atoms with Gasteiger partial charge in [0.05, 0.1) is 6.54 Å². The quantitative estimate of drug-likeness (QED) is 0.917. The average molecular weight is 285 g/mol. The van der Waals surface area contributed by atoms with Gasteiger partial charge in [0.2, 0.25) is 0 Å². The van der Waals surface area contributed by atoms with E-state index < -0.39 is 0 Å². The fraction of sp³-hybridized carbons (Fsp3) is 0.500. The molecule has 1 aliphatic heterocycles. The van der Waals surface area contributed by atoms with Crippen LogP contribution in [0.1, 0.15) is 18.3 Å². The van der Waals surface area contributed by atoms with Crippen molar-refractivity contribution in [3.8, 4) is 0 Å². The molecule has 2 aromatic rings. The van der Waals surface area contributed by atoms with Crippen LogP contribution < -0.4 is 5.32 Å². The highest BCUT2D eigenvalue weighted by Crippen LogP contribution is 2.13. The lowest BCUT2D eigenvalue weighted by molar-refractivity contribution is 0.128. The summed E-state index contributed by atoms with van der Waals surface area (Å²) in [7, 11) is 1.96. The molecule has 0 saturated carbocycles. The summed E-state index contributed by atoms with van der Waals surface area (Å²) >= 11 is 0. The van der Waals surface area contributed by atoms with Crippen LogP contribution in [0.4, 0.5) is 0 Å². The SMILES string of the molecule is CC1CNC(Cc2ccccc2)CN1Cc1ncnn1C. The molecule has 0 amide bonds. The number of nitrogens with one attached hydrogen (secondary N) is 1. The normalized spacial score (nSPS) is 23.3. The first-order valence-corrected chi connectivity index (χ1v) is 7.56. The van der Waals surface area contributed by atoms with Gasteiger partial charge in [-0.25, -0.2) is 4.98 Å². The molecule has 0 aliphatic carbocycles. The lowest BCUT2D eigenvalue weighted by atomic mass is 10.0. The maximum absolute atomic E-state index is 4.34. The van der Waals surface area contributed by atoms with Crippen molar-refractivity contribution in [1.82, 2.24) is 25.0 Å². The number of aryl methyl sites for hydroxylation is 1. The van der Waals surface area contributed by atoms with Crippen molar-refractivity contribution in [2.45, 2.75) is 32.0 Å². The number of piperazine rings is 1. The van der Waals surface area contributed by atoms with Gasteiger partial charge < -0.3 is 5.32 Å². The Morgan fingerprint density at radius 3 is 2.81 bits per heavy atom. The third-order valence-corrected chi connectivity index (χ3v) is 4.25. The van der Waals surface area contributed by atoms with Gasteiger partial charge in [-0.05, 0) is 18.9 Å². The highest BCUT2D eigenvalue weighted by atomic mass is 15.3. The Balaban J connectivity index is 1.63. The first-order chi connectivity index (χ1) is 10.2. The van der Waals surface area contributed by atoms with E-state index in [9.17, 15) is 0 Å². The predicted molar refractivity (Wildman–Crippen MR) is 82.8 cm³/mol. The largest absolute Gasteiger partial charge is 0.311 e. The minimum absolute atomic E-state index is 0.497. The lowest BCUT2D eigenvalue weighted by Gasteiger charge is -2.38. The number of aromatic nitrogens is 3. The highest BCUT2D eigenvalue weighted by molar-refractivity contribution is 5.16. The Morgan fingerprint density at radius 1 is 1.29 bits per heavy atom. The molecule has 5 heteroatoms. The summed E-state index contributed by atoms with van der Waals surface area (Å²) in [4.78, 5) is 6.84.